The number of hydrogen-bond acceptors (Lipinski definition) is 5. The standard InChI is InChI=1S/C19H14F2N4O3S/c1-28-19-17(24-29(26,27)18-5-4-14(20)9-16(18)21)8-12(10-22-19)13-7-15-3-2-6-23-25(15)11-13/h2-11,24H,1H3/i3D. The fourth-order valence-electron chi connectivity index (χ4n) is 2.78. The number of halogens is 2. The van der Waals surface area contributed by atoms with Crippen molar-refractivity contribution in [1.82, 2.24) is 14.6 Å². The fraction of sp³-hybridized carbons (Fsp3) is 0.0526. The van der Waals surface area contributed by atoms with Crippen molar-refractivity contribution in [3.05, 3.63) is 72.7 Å². The van der Waals surface area contributed by atoms with E-state index < -0.39 is 26.6 Å². The molecule has 0 fully saturated rings. The van der Waals surface area contributed by atoms with E-state index in [0.29, 0.717) is 22.7 Å². The average Bonchev–Trinajstić information content (AvgIpc) is 3.13. The van der Waals surface area contributed by atoms with Gasteiger partial charge in [0.1, 0.15) is 22.2 Å². The maximum absolute atomic E-state index is 14.0. The Bertz CT molecular complexity index is 1380. The van der Waals surface area contributed by atoms with Gasteiger partial charge < -0.3 is 4.74 Å². The molecule has 1 aromatic carbocycles. The second kappa shape index (κ2) is 7.13. The van der Waals surface area contributed by atoms with Gasteiger partial charge in [-0.2, -0.15) is 5.10 Å². The zero-order valence-electron chi connectivity index (χ0n) is 15.9. The number of aromatic nitrogens is 3. The molecule has 0 atom stereocenters. The predicted octanol–water partition coefficient (Wildman–Crippen LogP) is 3.48. The number of benzene rings is 1. The molecule has 0 unspecified atom stereocenters. The van der Waals surface area contributed by atoms with Gasteiger partial charge in [-0.3, -0.25) is 4.72 Å². The lowest BCUT2D eigenvalue weighted by atomic mass is 10.1. The first-order valence-electron chi connectivity index (χ1n) is 8.75. The van der Waals surface area contributed by atoms with Crippen LogP contribution >= 0.6 is 0 Å². The topological polar surface area (TPSA) is 85.6 Å². The summed E-state index contributed by atoms with van der Waals surface area (Å²) in [6, 6.07) is 7.15. The van der Waals surface area contributed by atoms with Gasteiger partial charge in [0.2, 0.25) is 5.88 Å². The van der Waals surface area contributed by atoms with E-state index in [0.717, 1.165) is 12.1 Å². The normalized spacial score (nSPS) is 12.0. The van der Waals surface area contributed by atoms with Crippen molar-refractivity contribution in [2.24, 2.45) is 0 Å². The molecular formula is C19H14F2N4O3S. The lowest BCUT2D eigenvalue weighted by molar-refractivity contribution is 0.400. The molecule has 4 aromatic rings. The van der Waals surface area contributed by atoms with Crippen LogP contribution in [0.25, 0.3) is 16.6 Å². The average molecular weight is 417 g/mol. The third kappa shape index (κ3) is 3.61. The lowest BCUT2D eigenvalue weighted by Gasteiger charge is -2.12. The van der Waals surface area contributed by atoms with Gasteiger partial charge in [0.05, 0.1) is 14.0 Å². The molecule has 10 heteroatoms. The molecule has 1 N–H and O–H groups in total. The second-order valence-corrected chi connectivity index (χ2v) is 7.65. The Hall–Kier alpha value is -3.53. The van der Waals surface area contributed by atoms with Crippen LogP contribution < -0.4 is 9.46 Å². The molecule has 0 aliphatic heterocycles. The molecule has 0 aliphatic carbocycles. The van der Waals surface area contributed by atoms with Gasteiger partial charge in [-0.05, 0) is 36.4 Å². The summed E-state index contributed by atoms with van der Waals surface area (Å²) in [5.74, 6) is -2.15. The first-order valence-corrected chi connectivity index (χ1v) is 9.73. The zero-order chi connectivity index (χ0) is 21.5. The van der Waals surface area contributed by atoms with Gasteiger partial charge in [-0.1, -0.05) is 0 Å². The first kappa shape index (κ1) is 17.6. The second-order valence-electron chi connectivity index (χ2n) is 6.00. The van der Waals surface area contributed by atoms with E-state index in [2.05, 4.69) is 14.8 Å². The van der Waals surface area contributed by atoms with Crippen molar-refractivity contribution < 1.29 is 23.3 Å². The third-order valence-corrected chi connectivity index (χ3v) is 5.50. The maximum atomic E-state index is 14.0. The third-order valence-electron chi connectivity index (χ3n) is 4.10. The Kier molecular flexibility index (Phi) is 4.32. The van der Waals surface area contributed by atoms with Crippen LogP contribution in [0.15, 0.2) is 65.9 Å². The van der Waals surface area contributed by atoms with Crippen LogP contribution in [0.4, 0.5) is 14.5 Å². The number of pyridine rings is 1. The summed E-state index contributed by atoms with van der Waals surface area (Å²) < 4.78 is 69.2. The maximum Gasteiger partial charge on any atom is 0.264 e. The Morgan fingerprint density at radius 2 is 2.03 bits per heavy atom. The van der Waals surface area contributed by atoms with Crippen molar-refractivity contribution in [1.29, 1.82) is 0 Å². The fourth-order valence-corrected chi connectivity index (χ4v) is 3.89. The molecular weight excluding hydrogens is 402 g/mol. The van der Waals surface area contributed by atoms with Crippen LogP contribution in [-0.2, 0) is 10.0 Å². The molecule has 0 bridgehead atoms. The number of hydrogen-bond donors (Lipinski definition) is 1. The van der Waals surface area contributed by atoms with Crippen LogP contribution in [-0.4, -0.2) is 30.1 Å². The quantitative estimate of drug-likeness (QED) is 0.537. The summed E-state index contributed by atoms with van der Waals surface area (Å²) in [4.78, 5) is 3.39. The lowest BCUT2D eigenvalue weighted by Crippen LogP contribution is -2.15. The van der Waals surface area contributed by atoms with Crippen LogP contribution in [0.2, 0.25) is 0 Å². The monoisotopic (exact) mass is 417 g/mol. The number of ether oxygens (including phenoxy) is 1. The van der Waals surface area contributed by atoms with Gasteiger partial charge in [0.15, 0.2) is 0 Å². The number of fused-ring (bicyclic) bond motifs is 1. The molecule has 4 rings (SSSR count). The summed E-state index contributed by atoms with van der Waals surface area (Å²) in [5, 5.41) is 4.13. The van der Waals surface area contributed by atoms with Gasteiger partial charge in [-0.25, -0.2) is 26.7 Å². The SMILES string of the molecule is [2H]c1ccnn2cc(-c3cnc(OC)c(NS(=O)(=O)c4ccc(F)cc4F)c3)cc12. The number of anilines is 1. The Labute approximate surface area is 166 Å². The van der Waals surface area contributed by atoms with E-state index in [1.807, 2.05) is 0 Å². The Morgan fingerprint density at radius 3 is 2.76 bits per heavy atom. The van der Waals surface area contributed by atoms with Crippen molar-refractivity contribution in [2.45, 2.75) is 4.90 Å². The summed E-state index contributed by atoms with van der Waals surface area (Å²) >= 11 is 0. The van der Waals surface area contributed by atoms with Crippen molar-refractivity contribution in [3.8, 4) is 17.0 Å². The van der Waals surface area contributed by atoms with Crippen LogP contribution in [0.5, 0.6) is 5.88 Å². The molecule has 0 saturated heterocycles. The number of sulfonamides is 1. The highest BCUT2D eigenvalue weighted by Gasteiger charge is 2.22. The zero-order valence-corrected chi connectivity index (χ0v) is 15.7. The molecule has 0 radical (unpaired) electrons. The number of methoxy groups -OCH3 is 1. The first-order chi connectivity index (χ1) is 14.3. The highest BCUT2D eigenvalue weighted by molar-refractivity contribution is 7.92. The summed E-state index contributed by atoms with van der Waals surface area (Å²) in [7, 11) is -3.08. The molecule has 3 aromatic heterocycles. The van der Waals surface area contributed by atoms with E-state index in [1.54, 1.807) is 18.3 Å². The molecule has 0 saturated carbocycles. The minimum atomic E-state index is -4.38. The highest BCUT2D eigenvalue weighted by atomic mass is 32.2. The Balaban J connectivity index is 1.77. The van der Waals surface area contributed by atoms with Crippen LogP contribution in [0, 0.1) is 11.6 Å². The molecule has 0 spiro atoms. The van der Waals surface area contributed by atoms with Gasteiger partial charge in [0.25, 0.3) is 10.0 Å². The van der Waals surface area contributed by atoms with E-state index in [-0.39, 0.29) is 17.6 Å². The van der Waals surface area contributed by atoms with Gasteiger partial charge in [-0.15, -0.1) is 0 Å². The van der Waals surface area contributed by atoms with Crippen molar-refractivity contribution in [2.75, 3.05) is 11.8 Å². The molecule has 148 valence electrons. The Morgan fingerprint density at radius 1 is 1.21 bits per heavy atom. The highest BCUT2D eigenvalue weighted by Crippen LogP contribution is 2.31. The number of rotatable bonds is 5. The predicted molar refractivity (Wildman–Crippen MR) is 102 cm³/mol. The minimum absolute atomic E-state index is 0.0342. The van der Waals surface area contributed by atoms with E-state index in [4.69, 9.17) is 6.11 Å². The smallest absolute Gasteiger partial charge is 0.264 e. The minimum Gasteiger partial charge on any atom is -0.480 e. The number of nitrogens with zero attached hydrogens (tertiary/aromatic N) is 3. The van der Waals surface area contributed by atoms with E-state index in [9.17, 15) is 17.2 Å². The molecule has 0 amide bonds. The van der Waals surface area contributed by atoms with Crippen LogP contribution in [0.1, 0.15) is 1.37 Å². The van der Waals surface area contributed by atoms with Gasteiger partial charge >= 0.3 is 0 Å². The molecule has 0 aliphatic rings. The van der Waals surface area contributed by atoms with E-state index >= 15 is 0 Å². The van der Waals surface area contributed by atoms with Crippen molar-refractivity contribution in [3.63, 3.8) is 0 Å². The van der Waals surface area contributed by atoms with Gasteiger partial charge in [0, 0.05) is 35.8 Å². The number of nitrogens with one attached hydrogen (secondary N) is 1. The summed E-state index contributed by atoms with van der Waals surface area (Å²) in [6.45, 7) is 0. The van der Waals surface area contributed by atoms with Crippen molar-refractivity contribution >= 4 is 21.2 Å². The summed E-state index contributed by atoms with van der Waals surface area (Å²) in [6.07, 6.45) is 4.62. The molecule has 3 heterocycles. The molecule has 29 heavy (non-hydrogen) atoms. The summed E-state index contributed by atoms with van der Waals surface area (Å²) in [5.41, 5.74) is 1.66. The van der Waals surface area contributed by atoms with E-state index in [1.165, 1.54) is 30.1 Å². The van der Waals surface area contributed by atoms with Crippen LogP contribution in [0.3, 0.4) is 0 Å². The molecule has 7 nitrogen and oxygen atoms in total. The largest absolute Gasteiger partial charge is 0.480 e.